The van der Waals surface area contributed by atoms with E-state index in [1.807, 2.05) is 6.92 Å². The van der Waals surface area contributed by atoms with E-state index in [1.54, 1.807) is 0 Å². The van der Waals surface area contributed by atoms with Crippen molar-refractivity contribution >= 4 is 0 Å². The lowest BCUT2D eigenvalue weighted by Crippen LogP contribution is -2.30. The molecule has 0 aromatic heterocycles. The zero-order chi connectivity index (χ0) is 7.82. The van der Waals surface area contributed by atoms with E-state index in [0.29, 0.717) is 0 Å². The lowest BCUT2D eigenvalue weighted by Gasteiger charge is -2.14. The predicted octanol–water partition coefficient (Wildman–Crippen LogP) is -0.271. The maximum Gasteiger partial charge on any atom is 0.0445 e. The fraction of sp³-hybridized carbons (Fsp3) is 1.00. The molecule has 0 amide bonds. The Hall–Kier alpha value is -0.120. The molecule has 0 radical (unpaired) electrons. The van der Waals surface area contributed by atoms with Gasteiger partial charge in [-0.2, -0.15) is 0 Å². The average Bonchev–Trinajstić information content (AvgIpc) is 1.90. The molecule has 0 saturated heterocycles. The van der Waals surface area contributed by atoms with Gasteiger partial charge in [-0.15, -0.1) is 0 Å². The van der Waals surface area contributed by atoms with Gasteiger partial charge >= 0.3 is 0 Å². The van der Waals surface area contributed by atoms with E-state index in [-0.39, 0.29) is 19.3 Å². The highest BCUT2D eigenvalue weighted by molar-refractivity contribution is 4.63. The summed E-state index contributed by atoms with van der Waals surface area (Å²) in [6, 6.07) is 0.278. The molecule has 0 aromatic rings. The molecule has 0 aliphatic heterocycles. The highest BCUT2D eigenvalue weighted by Crippen LogP contribution is 1.95. The maximum absolute atomic E-state index is 8.57. The van der Waals surface area contributed by atoms with Crippen molar-refractivity contribution in [2.45, 2.75) is 25.8 Å². The molecular formula is C7H17NO2. The quantitative estimate of drug-likeness (QED) is 0.485. The Labute approximate surface area is 62.1 Å². The van der Waals surface area contributed by atoms with Gasteiger partial charge in [-0.1, -0.05) is 6.92 Å². The van der Waals surface area contributed by atoms with E-state index >= 15 is 0 Å². The number of rotatable bonds is 6. The molecule has 0 aliphatic carbocycles. The van der Waals surface area contributed by atoms with Crippen LogP contribution in [0.3, 0.4) is 0 Å². The molecule has 0 atom stereocenters. The Morgan fingerprint density at radius 3 is 2.00 bits per heavy atom. The van der Waals surface area contributed by atoms with Crippen LogP contribution in [0.1, 0.15) is 19.8 Å². The molecule has 0 unspecified atom stereocenters. The molecule has 0 spiro atoms. The third-order valence-electron chi connectivity index (χ3n) is 1.45. The maximum atomic E-state index is 8.57. The summed E-state index contributed by atoms with van der Waals surface area (Å²) in [5.41, 5.74) is 0. The number of hydrogen-bond donors (Lipinski definition) is 3. The number of aliphatic hydroxyl groups excluding tert-OH is 2. The van der Waals surface area contributed by atoms with Crippen molar-refractivity contribution in [1.82, 2.24) is 5.32 Å². The minimum absolute atomic E-state index is 0.192. The van der Waals surface area contributed by atoms with Gasteiger partial charge in [-0.25, -0.2) is 0 Å². The molecule has 10 heavy (non-hydrogen) atoms. The standard InChI is InChI=1S/C7H17NO2/c1-2-8-7(3-5-9)4-6-10/h7-10H,2-6H2,1H3. The first-order valence-electron chi connectivity index (χ1n) is 3.80. The Balaban J connectivity index is 3.30. The summed E-state index contributed by atoms with van der Waals surface area (Å²) < 4.78 is 0. The van der Waals surface area contributed by atoms with E-state index in [4.69, 9.17) is 10.2 Å². The lowest BCUT2D eigenvalue weighted by molar-refractivity contribution is 0.228. The van der Waals surface area contributed by atoms with Crippen molar-refractivity contribution in [3.05, 3.63) is 0 Å². The summed E-state index contributed by atoms with van der Waals surface area (Å²) in [6.07, 6.45) is 1.46. The average molecular weight is 147 g/mol. The first-order valence-corrected chi connectivity index (χ1v) is 3.80. The minimum atomic E-state index is 0.192. The second-order valence-electron chi connectivity index (χ2n) is 2.28. The first kappa shape index (κ1) is 9.88. The first-order chi connectivity index (χ1) is 4.85. The van der Waals surface area contributed by atoms with E-state index in [2.05, 4.69) is 5.32 Å². The van der Waals surface area contributed by atoms with E-state index in [9.17, 15) is 0 Å². The van der Waals surface area contributed by atoms with Crippen molar-refractivity contribution in [3.8, 4) is 0 Å². The fourth-order valence-corrected chi connectivity index (χ4v) is 0.949. The fourth-order valence-electron chi connectivity index (χ4n) is 0.949. The SMILES string of the molecule is CCNC(CCO)CCO. The summed E-state index contributed by atoms with van der Waals surface area (Å²) in [6.45, 7) is 3.29. The molecule has 3 N–H and O–H groups in total. The Bertz CT molecular complexity index is 54.4. The number of hydrogen-bond acceptors (Lipinski definition) is 3. The summed E-state index contributed by atoms with van der Waals surface area (Å²) in [4.78, 5) is 0. The normalized spacial score (nSPS) is 10.8. The van der Waals surface area contributed by atoms with Gasteiger partial charge in [-0.3, -0.25) is 0 Å². The predicted molar refractivity (Wildman–Crippen MR) is 40.9 cm³/mol. The van der Waals surface area contributed by atoms with Crippen LogP contribution in [0.25, 0.3) is 0 Å². The van der Waals surface area contributed by atoms with Crippen LogP contribution in [0.4, 0.5) is 0 Å². The summed E-state index contributed by atoms with van der Waals surface area (Å²) in [7, 11) is 0. The van der Waals surface area contributed by atoms with Gasteiger partial charge in [-0.05, 0) is 19.4 Å². The van der Waals surface area contributed by atoms with Crippen LogP contribution in [0.5, 0.6) is 0 Å². The minimum Gasteiger partial charge on any atom is -0.396 e. The topological polar surface area (TPSA) is 52.5 Å². The third-order valence-corrected chi connectivity index (χ3v) is 1.45. The monoisotopic (exact) mass is 147 g/mol. The molecule has 3 heteroatoms. The van der Waals surface area contributed by atoms with Crippen molar-refractivity contribution in [3.63, 3.8) is 0 Å². The van der Waals surface area contributed by atoms with Crippen LogP contribution in [0, 0.1) is 0 Å². The molecule has 0 aliphatic rings. The van der Waals surface area contributed by atoms with Gasteiger partial charge < -0.3 is 15.5 Å². The zero-order valence-corrected chi connectivity index (χ0v) is 6.51. The van der Waals surface area contributed by atoms with Crippen molar-refractivity contribution in [2.24, 2.45) is 0 Å². The van der Waals surface area contributed by atoms with E-state index < -0.39 is 0 Å². The highest BCUT2D eigenvalue weighted by atomic mass is 16.3. The molecule has 0 heterocycles. The molecule has 0 rings (SSSR count). The van der Waals surface area contributed by atoms with Gasteiger partial charge in [0.15, 0.2) is 0 Å². The third kappa shape index (κ3) is 4.73. The second-order valence-corrected chi connectivity index (χ2v) is 2.28. The highest BCUT2D eigenvalue weighted by Gasteiger charge is 2.03. The van der Waals surface area contributed by atoms with Gasteiger partial charge in [0.2, 0.25) is 0 Å². The second kappa shape index (κ2) is 6.99. The summed E-state index contributed by atoms with van der Waals surface area (Å²) in [5.74, 6) is 0. The zero-order valence-electron chi connectivity index (χ0n) is 6.51. The molecule has 0 fully saturated rings. The van der Waals surface area contributed by atoms with Gasteiger partial charge in [0.25, 0.3) is 0 Å². The van der Waals surface area contributed by atoms with Crippen molar-refractivity contribution in [1.29, 1.82) is 0 Å². The van der Waals surface area contributed by atoms with Gasteiger partial charge in [0, 0.05) is 19.3 Å². The van der Waals surface area contributed by atoms with Crippen molar-refractivity contribution < 1.29 is 10.2 Å². The van der Waals surface area contributed by atoms with Gasteiger partial charge in [0.1, 0.15) is 0 Å². The molecular weight excluding hydrogens is 130 g/mol. The molecule has 3 nitrogen and oxygen atoms in total. The molecule has 0 saturated carbocycles. The largest absolute Gasteiger partial charge is 0.396 e. The van der Waals surface area contributed by atoms with Crippen LogP contribution in [0.2, 0.25) is 0 Å². The number of nitrogens with one attached hydrogen (secondary N) is 1. The van der Waals surface area contributed by atoms with E-state index in [0.717, 1.165) is 19.4 Å². The lowest BCUT2D eigenvalue weighted by atomic mass is 10.1. The Morgan fingerprint density at radius 2 is 1.70 bits per heavy atom. The van der Waals surface area contributed by atoms with Crippen LogP contribution in [-0.4, -0.2) is 36.0 Å². The Morgan fingerprint density at radius 1 is 1.20 bits per heavy atom. The smallest absolute Gasteiger partial charge is 0.0445 e. The van der Waals surface area contributed by atoms with Crippen LogP contribution in [0.15, 0.2) is 0 Å². The number of aliphatic hydroxyl groups is 2. The van der Waals surface area contributed by atoms with Crippen LogP contribution < -0.4 is 5.32 Å². The Kier molecular flexibility index (Phi) is 6.91. The van der Waals surface area contributed by atoms with Crippen LogP contribution in [-0.2, 0) is 0 Å². The van der Waals surface area contributed by atoms with Crippen molar-refractivity contribution in [2.75, 3.05) is 19.8 Å². The van der Waals surface area contributed by atoms with Gasteiger partial charge in [0.05, 0.1) is 0 Å². The van der Waals surface area contributed by atoms with E-state index in [1.165, 1.54) is 0 Å². The molecule has 62 valence electrons. The molecule has 0 bridgehead atoms. The summed E-state index contributed by atoms with van der Waals surface area (Å²) in [5, 5.41) is 20.3. The van der Waals surface area contributed by atoms with Crippen LogP contribution >= 0.6 is 0 Å². The molecule has 0 aromatic carbocycles. The summed E-state index contributed by atoms with van der Waals surface area (Å²) >= 11 is 0.